The van der Waals surface area contributed by atoms with Crippen LogP contribution in [0.5, 0.6) is 11.5 Å². The topological polar surface area (TPSA) is 83.8 Å². The first-order chi connectivity index (χ1) is 16.9. The maximum absolute atomic E-state index is 13.5. The summed E-state index contributed by atoms with van der Waals surface area (Å²) in [5, 5.41) is 20.7. The number of benzene rings is 2. The number of hydrogen-bond acceptors (Lipinski definition) is 4. The molecule has 0 amide bonds. The molecule has 0 bridgehead atoms. The summed E-state index contributed by atoms with van der Waals surface area (Å²) in [5.41, 5.74) is 2.51. The van der Waals surface area contributed by atoms with E-state index in [1.807, 2.05) is 74.4 Å². The standard InChI is InChI=1S/C32H46O5/c1-11-12-13-21(28(34)35)16-20-14-15-26(23(17-20)30(2,3)4)37-29(36)22-18-24(31(5,6)7)27(33)25(19-22)32(8,9)10/h14-15,17-19,21,33H,11-13,16H2,1-10H3,(H,34,35). The van der Waals surface area contributed by atoms with Crippen LogP contribution < -0.4 is 4.74 Å². The number of esters is 1. The highest BCUT2D eigenvalue weighted by Crippen LogP contribution is 2.40. The molecule has 2 N–H and O–H groups in total. The molecule has 37 heavy (non-hydrogen) atoms. The third-order valence-corrected chi connectivity index (χ3v) is 6.75. The second-order valence-electron chi connectivity index (χ2n) is 13.3. The molecule has 0 fully saturated rings. The number of aromatic hydroxyl groups is 1. The number of carboxylic acids is 1. The molecule has 0 saturated heterocycles. The van der Waals surface area contributed by atoms with E-state index in [4.69, 9.17) is 4.74 Å². The molecule has 204 valence electrons. The number of hydrogen-bond donors (Lipinski definition) is 2. The van der Waals surface area contributed by atoms with Gasteiger partial charge in [-0.15, -0.1) is 0 Å². The summed E-state index contributed by atoms with van der Waals surface area (Å²) in [6, 6.07) is 9.06. The van der Waals surface area contributed by atoms with Gasteiger partial charge in [-0.3, -0.25) is 4.79 Å². The minimum Gasteiger partial charge on any atom is -0.507 e. The van der Waals surface area contributed by atoms with Crippen LogP contribution in [0.2, 0.25) is 0 Å². The van der Waals surface area contributed by atoms with Crippen molar-refractivity contribution in [3.05, 3.63) is 58.1 Å². The molecule has 2 aromatic rings. The summed E-state index contributed by atoms with van der Waals surface area (Å²) >= 11 is 0. The third kappa shape index (κ3) is 7.83. The highest BCUT2D eigenvalue weighted by Gasteiger charge is 2.29. The van der Waals surface area contributed by atoms with Gasteiger partial charge in [-0.2, -0.15) is 0 Å². The summed E-state index contributed by atoms with van der Waals surface area (Å²) in [4.78, 5) is 25.2. The van der Waals surface area contributed by atoms with Crippen molar-refractivity contribution in [2.24, 2.45) is 5.92 Å². The van der Waals surface area contributed by atoms with Crippen LogP contribution in [0.1, 0.15) is 121 Å². The maximum atomic E-state index is 13.5. The van der Waals surface area contributed by atoms with Crippen LogP contribution in [0.3, 0.4) is 0 Å². The van der Waals surface area contributed by atoms with Gasteiger partial charge >= 0.3 is 11.9 Å². The molecule has 0 saturated carbocycles. The van der Waals surface area contributed by atoms with Gasteiger partial charge in [0.05, 0.1) is 11.5 Å². The molecule has 0 heterocycles. The summed E-state index contributed by atoms with van der Waals surface area (Å²) < 4.78 is 5.97. The first-order valence-electron chi connectivity index (χ1n) is 13.3. The quantitative estimate of drug-likeness (QED) is 0.278. The number of carbonyl (C=O) groups excluding carboxylic acids is 1. The molecule has 1 unspecified atom stereocenters. The van der Waals surface area contributed by atoms with Crippen molar-refractivity contribution in [2.75, 3.05) is 0 Å². The van der Waals surface area contributed by atoms with Crippen LogP contribution in [0.4, 0.5) is 0 Å². The van der Waals surface area contributed by atoms with Crippen LogP contribution in [-0.4, -0.2) is 22.2 Å². The van der Waals surface area contributed by atoms with E-state index in [0.717, 1.165) is 24.0 Å². The fourth-order valence-corrected chi connectivity index (χ4v) is 4.48. The van der Waals surface area contributed by atoms with Gasteiger partial charge in [0.2, 0.25) is 0 Å². The first kappa shape index (κ1) is 30.4. The number of rotatable bonds is 8. The van der Waals surface area contributed by atoms with Crippen molar-refractivity contribution in [2.45, 2.75) is 111 Å². The Labute approximate surface area is 223 Å². The lowest BCUT2D eigenvalue weighted by Crippen LogP contribution is -2.21. The molecule has 0 spiro atoms. The Kier molecular flexibility index (Phi) is 9.27. The maximum Gasteiger partial charge on any atom is 0.343 e. The molecule has 0 aliphatic carbocycles. The Morgan fingerprint density at radius 2 is 1.35 bits per heavy atom. The number of carboxylic acid groups (broad SMARTS) is 1. The van der Waals surface area contributed by atoms with Crippen molar-refractivity contribution in [3.8, 4) is 11.5 Å². The average molecular weight is 511 g/mol. The van der Waals surface area contributed by atoms with E-state index in [1.54, 1.807) is 18.2 Å². The molecule has 0 aliphatic heterocycles. The zero-order chi connectivity index (χ0) is 28.3. The van der Waals surface area contributed by atoms with E-state index in [1.165, 1.54) is 0 Å². The number of carbonyl (C=O) groups is 2. The SMILES string of the molecule is CCCCC(Cc1ccc(OC(=O)c2cc(C(C)(C)C)c(O)c(C(C)(C)C)c2)c(C(C)(C)C)c1)C(=O)O. The fraction of sp³-hybridized carbons (Fsp3) is 0.562. The van der Waals surface area contributed by atoms with Gasteiger partial charge in [0, 0.05) is 16.7 Å². The molecule has 0 aromatic heterocycles. The molecule has 2 aromatic carbocycles. The van der Waals surface area contributed by atoms with Crippen LogP contribution >= 0.6 is 0 Å². The van der Waals surface area contributed by atoms with Crippen LogP contribution in [0.25, 0.3) is 0 Å². The van der Waals surface area contributed by atoms with E-state index in [9.17, 15) is 19.8 Å². The Morgan fingerprint density at radius 3 is 1.78 bits per heavy atom. The smallest absolute Gasteiger partial charge is 0.343 e. The lowest BCUT2D eigenvalue weighted by molar-refractivity contribution is -0.142. The minimum atomic E-state index is -0.780. The molecule has 2 rings (SSSR count). The number of ether oxygens (including phenoxy) is 1. The van der Waals surface area contributed by atoms with Crippen molar-refractivity contribution < 1.29 is 24.5 Å². The number of unbranched alkanes of at least 4 members (excludes halogenated alkanes) is 1. The first-order valence-corrected chi connectivity index (χ1v) is 13.3. The fourth-order valence-electron chi connectivity index (χ4n) is 4.48. The van der Waals surface area contributed by atoms with Gasteiger partial charge in [0.25, 0.3) is 0 Å². The minimum absolute atomic E-state index is 0.215. The molecular formula is C32H46O5. The normalized spacial score (nSPS) is 13.4. The lowest BCUT2D eigenvalue weighted by atomic mass is 9.78. The zero-order valence-electron chi connectivity index (χ0n) is 24.4. The van der Waals surface area contributed by atoms with Crippen LogP contribution in [0.15, 0.2) is 30.3 Å². The highest BCUT2D eigenvalue weighted by atomic mass is 16.5. The number of aliphatic carboxylic acids is 1. The molecular weight excluding hydrogens is 464 g/mol. The summed E-state index contributed by atoms with van der Waals surface area (Å²) in [6.45, 7) is 20.2. The van der Waals surface area contributed by atoms with Crippen molar-refractivity contribution in [1.82, 2.24) is 0 Å². The number of phenolic OH excluding ortho intramolecular Hbond substituents is 1. The summed E-state index contributed by atoms with van der Waals surface area (Å²) in [7, 11) is 0. The number of phenols is 1. The Bertz CT molecular complexity index is 1090. The van der Waals surface area contributed by atoms with E-state index < -0.39 is 17.9 Å². The second kappa shape index (κ2) is 11.3. The molecule has 0 radical (unpaired) electrons. The van der Waals surface area contributed by atoms with Gasteiger partial charge in [0.15, 0.2) is 0 Å². The summed E-state index contributed by atoms with van der Waals surface area (Å²) in [5.74, 6) is -1.03. The van der Waals surface area contributed by atoms with Crippen molar-refractivity contribution in [3.63, 3.8) is 0 Å². The Morgan fingerprint density at radius 1 is 0.838 bits per heavy atom. The van der Waals surface area contributed by atoms with E-state index in [-0.39, 0.29) is 22.0 Å². The van der Waals surface area contributed by atoms with Gasteiger partial charge in [0.1, 0.15) is 11.5 Å². The van der Waals surface area contributed by atoms with Gasteiger partial charge in [-0.25, -0.2) is 4.79 Å². The largest absolute Gasteiger partial charge is 0.507 e. The average Bonchev–Trinajstić information content (AvgIpc) is 2.74. The lowest BCUT2D eigenvalue weighted by Gasteiger charge is -2.28. The highest BCUT2D eigenvalue weighted by molar-refractivity contribution is 5.92. The molecule has 5 nitrogen and oxygen atoms in total. The van der Waals surface area contributed by atoms with Crippen LogP contribution in [-0.2, 0) is 27.5 Å². The molecule has 1 atom stereocenters. The predicted molar refractivity (Wildman–Crippen MR) is 150 cm³/mol. The monoisotopic (exact) mass is 510 g/mol. The third-order valence-electron chi connectivity index (χ3n) is 6.75. The van der Waals surface area contributed by atoms with E-state index in [0.29, 0.717) is 35.3 Å². The Balaban J connectivity index is 2.50. The van der Waals surface area contributed by atoms with Crippen LogP contribution in [0, 0.1) is 5.92 Å². The summed E-state index contributed by atoms with van der Waals surface area (Å²) in [6.07, 6.45) is 2.91. The van der Waals surface area contributed by atoms with E-state index in [2.05, 4.69) is 6.92 Å². The Hall–Kier alpha value is -2.82. The second-order valence-corrected chi connectivity index (χ2v) is 13.3. The van der Waals surface area contributed by atoms with Gasteiger partial charge < -0.3 is 14.9 Å². The van der Waals surface area contributed by atoms with Gasteiger partial charge in [-0.1, -0.05) is 94.2 Å². The van der Waals surface area contributed by atoms with Crippen molar-refractivity contribution in [1.29, 1.82) is 0 Å². The van der Waals surface area contributed by atoms with Crippen molar-refractivity contribution >= 4 is 11.9 Å². The van der Waals surface area contributed by atoms with Gasteiger partial charge in [-0.05, 0) is 52.8 Å². The molecule has 5 heteroatoms. The van der Waals surface area contributed by atoms with E-state index >= 15 is 0 Å². The predicted octanol–water partition coefficient (Wildman–Crippen LogP) is 7.94. The molecule has 0 aliphatic rings. The zero-order valence-corrected chi connectivity index (χ0v) is 24.4.